The number of urea groups is 1. The Hall–Kier alpha value is -1.56. The number of nitrogens with one attached hydrogen (secondary N) is 2. The smallest absolute Gasteiger partial charge is 0.329 e. The van der Waals surface area contributed by atoms with Crippen molar-refractivity contribution >= 4 is 33.6 Å². The first kappa shape index (κ1) is 19.5. The van der Waals surface area contributed by atoms with Crippen molar-refractivity contribution in [2.24, 2.45) is 5.92 Å². The molecule has 128 valence electrons. The molecule has 1 aromatic carbocycles. The molecule has 2 atom stereocenters. The summed E-state index contributed by atoms with van der Waals surface area (Å²) in [6.07, 6.45) is 0.752. The first-order valence-electron chi connectivity index (χ1n) is 7.68. The molecule has 0 aromatic heterocycles. The second kappa shape index (κ2) is 8.34. The van der Waals surface area contributed by atoms with Gasteiger partial charge >= 0.3 is 12.0 Å². The van der Waals surface area contributed by atoms with Crippen molar-refractivity contribution in [1.82, 2.24) is 5.32 Å². The number of ether oxygens (including phenoxy) is 1. The van der Waals surface area contributed by atoms with Crippen LogP contribution in [0.4, 0.5) is 10.5 Å². The van der Waals surface area contributed by atoms with Gasteiger partial charge < -0.3 is 15.4 Å². The molecular weight excluding hydrogens is 360 g/mol. The number of hydrogen-bond donors (Lipinski definition) is 2. The molecule has 5 nitrogen and oxygen atoms in total. The zero-order valence-electron chi connectivity index (χ0n) is 14.3. The van der Waals surface area contributed by atoms with E-state index in [2.05, 4.69) is 26.6 Å². The van der Waals surface area contributed by atoms with E-state index < -0.39 is 23.6 Å². The van der Waals surface area contributed by atoms with Crippen LogP contribution in [0.15, 0.2) is 28.7 Å². The maximum absolute atomic E-state index is 12.3. The Labute approximate surface area is 146 Å². The topological polar surface area (TPSA) is 67.4 Å². The lowest BCUT2D eigenvalue weighted by Crippen LogP contribution is -2.49. The molecular formula is C17H25BrN2O3. The van der Waals surface area contributed by atoms with Crippen molar-refractivity contribution in [3.8, 4) is 0 Å². The molecule has 1 aromatic rings. The van der Waals surface area contributed by atoms with Crippen LogP contribution in [0, 0.1) is 5.92 Å². The molecule has 6 heteroatoms. The maximum Gasteiger partial charge on any atom is 0.329 e. The second-order valence-electron chi connectivity index (χ2n) is 6.50. The normalized spacial score (nSPS) is 13.8. The first-order valence-corrected chi connectivity index (χ1v) is 8.47. The van der Waals surface area contributed by atoms with Crippen LogP contribution in [0.25, 0.3) is 0 Å². The third-order valence-electron chi connectivity index (χ3n) is 3.26. The molecule has 2 N–H and O–H groups in total. The summed E-state index contributed by atoms with van der Waals surface area (Å²) in [5, 5.41) is 5.43. The van der Waals surface area contributed by atoms with Crippen LogP contribution in [0.5, 0.6) is 0 Å². The van der Waals surface area contributed by atoms with Crippen LogP contribution < -0.4 is 10.6 Å². The number of esters is 1. The van der Waals surface area contributed by atoms with E-state index in [4.69, 9.17) is 4.74 Å². The molecule has 2 amide bonds. The van der Waals surface area contributed by atoms with Gasteiger partial charge in [0, 0.05) is 10.2 Å². The van der Waals surface area contributed by atoms with Crippen LogP contribution in [-0.4, -0.2) is 23.6 Å². The Kier molecular flexibility index (Phi) is 7.06. The number of halogens is 1. The van der Waals surface area contributed by atoms with Gasteiger partial charge in [-0.1, -0.05) is 36.2 Å². The zero-order valence-corrected chi connectivity index (χ0v) is 15.9. The highest BCUT2D eigenvalue weighted by molar-refractivity contribution is 9.10. The number of hydrogen-bond acceptors (Lipinski definition) is 3. The van der Waals surface area contributed by atoms with Gasteiger partial charge in [-0.05, 0) is 51.0 Å². The SMILES string of the molecule is CCC(C)C(NC(=O)Nc1ccc(Br)cc1)C(=O)OC(C)(C)C. The predicted octanol–water partition coefficient (Wildman–Crippen LogP) is 4.33. The van der Waals surface area contributed by atoms with Gasteiger partial charge in [0.05, 0.1) is 0 Å². The lowest BCUT2D eigenvalue weighted by atomic mass is 9.99. The van der Waals surface area contributed by atoms with Crippen LogP contribution in [0.2, 0.25) is 0 Å². The van der Waals surface area contributed by atoms with E-state index in [0.717, 1.165) is 10.9 Å². The molecule has 0 saturated heterocycles. The fourth-order valence-corrected chi connectivity index (χ4v) is 2.14. The predicted molar refractivity (Wildman–Crippen MR) is 95.4 cm³/mol. The van der Waals surface area contributed by atoms with Gasteiger partial charge in [0.1, 0.15) is 11.6 Å². The number of carbonyl (C=O) groups is 2. The summed E-state index contributed by atoms with van der Waals surface area (Å²) in [7, 11) is 0. The Morgan fingerprint density at radius 2 is 1.78 bits per heavy atom. The third kappa shape index (κ3) is 7.03. The monoisotopic (exact) mass is 384 g/mol. The highest BCUT2D eigenvalue weighted by Crippen LogP contribution is 2.16. The molecule has 0 saturated carbocycles. The van der Waals surface area contributed by atoms with E-state index in [1.807, 2.05) is 26.0 Å². The van der Waals surface area contributed by atoms with Crippen LogP contribution in [-0.2, 0) is 9.53 Å². The van der Waals surface area contributed by atoms with E-state index in [0.29, 0.717) is 5.69 Å². The quantitative estimate of drug-likeness (QED) is 0.742. The fourth-order valence-electron chi connectivity index (χ4n) is 1.88. The number of benzene rings is 1. The molecule has 0 aliphatic carbocycles. The molecule has 0 radical (unpaired) electrons. The summed E-state index contributed by atoms with van der Waals surface area (Å²) in [4.78, 5) is 24.5. The highest BCUT2D eigenvalue weighted by atomic mass is 79.9. The van der Waals surface area contributed by atoms with Crippen LogP contribution in [0.1, 0.15) is 41.0 Å². The summed E-state index contributed by atoms with van der Waals surface area (Å²) in [5.41, 5.74) is 0.0601. The van der Waals surface area contributed by atoms with E-state index >= 15 is 0 Å². The van der Waals surface area contributed by atoms with Gasteiger partial charge in [-0.2, -0.15) is 0 Å². The Balaban J connectivity index is 2.74. The molecule has 0 fully saturated rings. The van der Waals surface area contributed by atoms with E-state index in [1.54, 1.807) is 32.9 Å². The number of amides is 2. The van der Waals surface area contributed by atoms with Crippen LogP contribution >= 0.6 is 15.9 Å². The first-order chi connectivity index (χ1) is 10.6. The van der Waals surface area contributed by atoms with Crippen molar-refractivity contribution in [3.05, 3.63) is 28.7 Å². The summed E-state index contributed by atoms with van der Waals surface area (Å²) in [6, 6.07) is 6.09. The standard InChI is InChI=1S/C17H25BrN2O3/c1-6-11(2)14(15(21)23-17(3,4)5)20-16(22)19-13-9-7-12(18)8-10-13/h7-11,14H,6H2,1-5H3,(H2,19,20,22). The minimum absolute atomic E-state index is 0.0273. The van der Waals surface area contributed by atoms with Gasteiger partial charge in [0.25, 0.3) is 0 Å². The van der Waals surface area contributed by atoms with Crippen molar-refractivity contribution < 1.29 is 14.3 Å². The minimum Gasteiger partial charge on any atom is -0.458 e. The van der Waals surface area contributed by atoms with Gasteiger partial charge in [-0.15, -0.1) is 0 Å². The lowest BCUT2D eigenvalue weighted by Gasteiger charge is -2.27. The van der Waals surface area contributed by atoms with Gasteiger partial charge in [-0.25, -0.2) is 9.59 Å². The maximum atomic E-state index is 12.3. The molecule has 2 unspecified atom stereocenters. The highest BCUT2D eigenvalue weighted by Gasteiger charge is 2.30. The Morgan fingerprint density at radius 3 is 2.26 bits per heavy atom. The minimum atomic E-state index is -0.685. The number of rotatable bonds is 5. The average Bonchev–Trinajstić information content (AvgIpc) is 2.44. The second-order valence-corrected chi connectivity index (χ2v) is 7.42. The zero-order chi connectivity index (χ0) is 17.6. The molecule has 0 aliphatic heterocycles. The summed E-state index contributed by atoms with van der Waals surface area (Å²) >= 11 is 3.34. The lowest BCUT2D eigenvalue weighted by molar-refractivity contribution is -0.158. The summed E-state index contributed by atoms with van der Waals surface area (Å²) in [6.45, 7) is 9.30. The molecule has 0 spiro atoms. The van der Waals surface area contributed by atoms with E-state index in [-0.39, 0.29) is 5.92 Å². The molecule has 1 rings (SSSR count). The summed E-state index contributed by atoms with van der Waals surface area (Å²) < 4.78 is 6.33. The summed E-state index contributed by atoms with van der Waals surface area (Å²) in [5.74, 6) is -0.446. The number of carbonyl (C=O) groups excluding carboxylic acids is 2. The van der Waals surface area contributed by atoms with Gasteiger partial charge in [0.2, 0.25) is 0 Å². The Morgan fingerprint density at radius 1 is 1.22 bits per heavy atom. The van der Waals surface area contributed by atoms with Crippen LogP contribution in [0.3, 0.4) is 0 Å². The van der Waals surface area contributed by atoms with Crippen molar-refractivity contribution in [1.29, 1.82) is 0 Å². The fraction of sp³-hybridized carbons (Fsp3) is 0.529. The average molecular weight is 385 g/mol. The van der Waals surface area contributed by atoms with Crippen molar-refractivity contribution in [3.63, 3.8) is 0 Å². The number of anilines is 1. The molecule has 0 bridgehead atoms. The van der Waals surface area contributed by atoms with Crippen molar-refractivity contribution in [2.45, 2.75) is 52.7 Å². The van der Waals surface area contributed by atoms with E-state index in [1.165, 1.54) is 0 Å². The van der Waals surface area contributed by atoms with Crippen molar-refractivity contribution in [2.75, 3.05) is 5.32 Å². The largest absolute Gasteiger partial charge is 0.458 e. The van der Waals surface area contributed by atoms with Gasteiger partial charge in [-0.3, -0.25) is 0 Å². The molecule has 0 heterocycles. The molecule has 0 aliphatic rings. The Bertz CT molecular complexity index is 538. The third-order valence-corrected chi connectivity index (χ3v) is 3.79. The van der Waals surface area contributed by atoms with E-state index in [9.17, 15) is 9.59 Å². The molecule has 23 heavy (non-hydrogen) atoms. The van der Waals surface area contributed by atoms with Gasteiger partial charge in [0.15, 0.2) is 0 Å².